The minimum Gasteiger partial charge on any atom is -0.508 e. The third-order valence-electron chi connectivity index (χ3n) is 5.39. The van der Waals surface area contributed by atoms with Gasteiger partial charge in [0.2, 0.25) is 0 Å². The highest BCUT2D eigenvalue weighted by molar-refractivity contribution is 5.49. The molecule has 0 saturated carbocycles. The number of carbonyl (C=O) groups excluding carboxylic acids is 1. The van der Waals surface area contributed by atoms with Crippen molar-refractivity contribution in [1.82, 2.24) is 0 Å². The Morgan fingerprint density at radius 1 is 0.960 bits per heavy atom. The Morgan fingerprint density at radius 3 is 2.04 bits per heavy atom. The zero-order valence-corrected chi connectivity index (χ0v) is 15.1. The molecule has 0 aliphatic heterocycles. The first-order chi connectivity index (χ1) is 12.0. The van der Waals surface area contributed by atoms with Gasteiger partial charge in [-0.1, -0.05) is 44.5 Å². The van der Waals surface area contributed by atoms with Gasteiger partial charge < -0.3 is 15.0 Å². The summed E-state index contributed by atoms with van der Waals surface area (Å²) < 4.78 is 0. The molecule has 2 aromatic carbocycles. The fraction of sp³-hybridized carbons (Fsp3) is 0.409. The minimum atomic E-state index is -0.0914. The first kappa shape index (κ1) is 19.0. The standard InChI is InChI=1S/C22H28O3/c1-3-22(2,18-10-14-20(25)15-11-18)21(7-5-4-6-16-23)17-8-12-19(24)13-9-17/h8-16,21,24-25H,3-7H2,1-2H3/t21-,22+/m1/s1. The van der Waals surface area contributed by atoms with Crippen LogP contribution in [0.4, 0.5) is 0 Å². The molecule has 0 heterocycles. The van der Waals surface area contributed by atoms with Crippen molar-refractivity contribution in [3.8, 4) is 11.5 Å². The topological polar surface area (TPSA) is 57.5 Å². The van der Waals surface area contributed by atoms with Crippen molar-refractivity contribution in [2.45, 2.75) is 57.3 Å². The molecule has 25 heavy (non-hydrogen) atoms. The van der Waals surface area contributed by atoms with Gasteiger partial charge in [0.1, 0.15) is 17.8 Å². The molecule has 0 fully saturated rings. The Morgan fingerprint density at radius 2 is 1.52 bits per heavy atom. The van der Waals surface area contributed by atoms with Gasteiger partial charge in [-0.15, -0.1) is 0 Å². The van der Waals surface area contributed by atoms with Crippen LogP contribution in [0.1, 0.15) is 63.0 Å². The van der Waals surface area contributed by atoms with Crippen molar-refractivity contribution < 1.29 is 15.0 Å². The lowest BCUT2D eigenvalue weighted by atomic mass is 9.65. The third-order valence-corrected chi connectivity index (χ3v) is 5.39. The van der Waals surface area contributed by atoms with Crippen LogP contribution in [-0.2, 0) is 10.2 Å². The molecule has 0 bridgehead atoms. The Bertz CT molecular complexity index is 661. The van der Waals surface area contributed by atoms with Gasteiger partial charge in [0, 0.05) is 6.42 Å². The molecular formula is C22H28O3. The van der Waals surface area contributed by atoms with E-state index in [1.165, 1.54) is 11.1 Å². The first-order valence-electron chi connectivity index (χ1n) is 9.03. The van der Waals surface area contributed by atoms with Crippen LogP contribution in [0.5, 0.6) is 11.5 Å². The largest absolute Gasteiger partial charge is 0.508 e. The van der Waals surface area contributed by atoms with Crippen LogP contribution < -0.4 is 0 Å². The van der Waals surface area contributed by atoms with Crippen LogP contribution in [0.25, 0.3) is 0 Å². The zero-order chi connectivity index (χ0) is 18.3. The van der Waals surface area contributed by atoms with E-state index >= 15 is 0 Å². The summed E-state index contributed by atoms with van der Waals surface area (Å²) in [4.78, 5) is 10.6. The Labute approximate surface area is 150 Å². The molecule has 3 heteroatoms. The average Bonchev–Trinajstić information content (AvgIpc) is 2.63. The summed E-state index contributed by atoms with van der Waals surface area (Å²) >= 11 is 0. The van der Waals surface area contributed by atoms with Crippen molar-refractivity contribution in [2.24, 2.45) is 0 Å². The number of rotatable bonds is 9. The second-order valence-corrected chi connectivity index (χ2v) is 6.91. The van der Waals surface area contributed by atoms with Crippen LogP contribution in [0.3, 0.4) is 0 Å². The van der Waals surface area contributed by atoms with Gasteiger partial charge in [0.05, 0.1) is 0 Å². The first-order valence-corrected chi connectivity index (χ1v) is 9.03. The molecule has 0 aromatic heterocycles. The number of hydrogen-bond acceptors (Lipinski definition) is 3. The molecule has 134 valence electrons. The number of aromatic hydroxyl groups is 2. The molecular weight excluding hydrogens is 312 g/mol. The predicted molar refractivity (Wildman–Crippen MR) is 101 cm³/mol. The van der Waals surface area contributed by atoms with E-state index in [0.29, 0.717) is 6.42 Å². The highest BCUT2D eigenvalue weighted by Gasteiger charge is 2.35. The SMILES string of the molecule is CC[C@@](C)(c1ccc(O)cc1)[C@H](CCCCC=O)c1ccc(O)cc1. The van der Waals surface area contributed by atoms with Gasteiger partial charge in [0.15, 0.2) is 0 Å². The highest BCUT2D eigenvalue weighted by atomic mass is 16.3. The molecule has 2 aromatic rings. The molecule has 3 nitrogen and oxygen atoms in total. The number of hydrogen-bond donors (Lipinski definition) is 2. The Balaban J connectivity index is 2.37. The number of phenolic OH excluding ortho intramolecular Hbond substituents is 2. The summed E-state index contributed by atoms with van der Waals surface area (Å²) in [5.74, 6) is 0.815. The van der Waals surface area contributed by atoms with E-state index < -0.39 is 0 Å². The summed E-state index contributed by atoms with van der Waals surface area (Å²) in [7, 11) is 0. The Hall–Kier alpha value is -2.29. The van der Waals surface area contributed by atoms with E-state index in [9.17, 15) is 15.0 Å². The van der Waals surface area contributed by atoms with Gasteiger partial charge in [-0.3, -0.25) is 0 Å². The van der Waals surface area contributed by atoms with Crippen molar-refractivity contribution in [3.05, 3.63) is 59.7 Å². The maximum Gasteiger partial charge on any atom is 0.119 e. The lowest BCUT2D eigenvalue weighted by Gasteiger charge is -2.38. The summed E-state index contributed by atoms with van der Waals surface area (Å²) in [6, 6.07) is 14.9. The molecule has 2 N–H and O–H groups in total. The molecule has 0 aliphatic carbocycles. The maximum absolute atomic E-state index is 10.6. The van der Waals surface area contributed by atoms with E-state index in [0.717, 1.165) is 32.0 Å². The fourth-order valence-electron chi connectivity index (χ4n) is 3.63. The quantitative estimate of drug-likeness (QED) is 0.480. The molecule has 2 atom stereocenters. The van der Waals surface area contributed by atoms with Crippen molar-refractivity contribution in [3.63, 3.8) is 0 Å². The highest BCUT2D eigenvalue weighted by Crippen LogP contribution is 2.45. The smallest absolute Gasteiger partial charge is 0.119 e. The predicted octanol–water partition coefficient (Wildman–Crippen LogP) is 5.31. The number of benzene rings is 2. The number of phenols is 2. The monoisotopic (exact) mass is 340 g/mol. The zero-order valence-electron chi connectivity index (χ0n) is 15.1. The van der Waals surface area contributed by atoms with E-state index in [1.807, 2.05) is 24.3 Å². The number of carbonyl (C=O) groups is 1. The van der Waals surface area contributed by atoms with Crippen molar-refractivity contribution in [1.29, 1.82) is 0 Å². The summed E-state index contributed by atoms with van der Waals surface area (Å²) in [5, 5.41) is 19.2. The van der Waals surface area contributed by atoms with Crippen LogP contribution >= 0.6 is 0 Å². The second-order valence-electron chi connectivity index (χ2n) is 6.91. The average molecular weight is 340 g/mol. The summed E-state index contributed by atoms with van der Waals surface area (Å²) in [5.41, 5.74) is 2.30. The van der Waals surface area contributed by atoms with Crippen molar-refractivity contribution >= 4 is 6.29 Å². The molecule has 0 unspecified atom stereocenters. The molecule has 0 spiro atoms. The van der Waals surface area contributed by atoms with E-state index in [1.54, 1.807) is 24.3 Å². The van der Waals surface area contributed by atoms with Gasteiger partial charge in [0.25, 0.3) is 0 Å². The summed E-state index contributed by atoms with van der Waals surface area (Å²) in [6.45, 7) is 4.45. The normalized spacial score (nSPS) is 14.6. The van der Waals surface area contributed by atoms with E-state index in [2.05, 4.69) is 13.8 Å². The molecule has 0 radical (unpaired) electrons. The van der Waals surface area contributed by atoms with Crippen LogP contribution in [0.2, 0.25) is 0 Å². The van der Waals surface area contributed by atoms with Crippen LogP contribution in [-0.4, -0.2) is 16.5 Å². The van der Waals surface area contributed by atoms with Crippen molar-refractivity contribution in [2.75, 3.05) is 0 Å². The molecule has 0 aliphatic rings. The lowest BCUT2D eigenvalue weighted by Crippen LogP contribution is -2.30. The fourth-order valence-corrected chi connectivity index (χ4v) is 3.63. The molecule has 2 rings (SSSR count). The van der Waals surface area contributed by atoms with Gasteiger partial charge >= 0.3 is 0 Å². The lowest BCUT2D eigenvalue weighted by molar-refractivity contribution is -0.107. The maximum atomic E-state index is 10.6. The number of unbranched alkanes of at least 4 members (excludes halogenated alkanes) is 2. The summed E-state index contributed by atoms with van der Waals surface area (Å²) in [6.07, 6.45) is 5.39. The van der Waals surface area contributed by atoms with Gasteiger partial charge in [-0.05, 0) is 66.0 Å². The van der Waals surface area contributed by atoms with E-state index in [4.69, 9.17) is 0 Å². The third kappa shape index (κ3) is 4.62. The van der Waals surface area contributed by atoms with Gasteiger partial charge in [-0.25, -0.2) is 0 Å². The van der Waals surface area contributed by atoms with Gasteiger partial charge in [-0.2, -0.15) is 0 Å². The Kier molecular flexibility index (Phi) is 6.63. The number of aldehydes is 1. The van der Waals surface area contributed by atoms with Crippen LogP contribution in [0, 0.1) is 0 Å². The van der Waals surface area contributed by atoms with Crippen LogP contribution in [0.15, 0.2) is 48.5 Å². The van der Waals surface area contributed by atoms with E-state index in [-0.39, 0.29) is 22.8 Å². The second kappa shape index (κ2) is 8.70. The molecule has 0 saturated heterocycles. The minimum absolute atomic E-state index is 0.0914. The molecule has 0 amide bonds.